The van der Waals surface area contributed by atoms with Crippen molar-refractivity contribution in [2.75, 3.05) is 0 Å². The second-order valence-electron chi connectivity index (χ2n) is 3.56. The zero-order chi connectivity index (χ0) is 17.6. The molecule has 0 amide bonds. The van der Waals surface area contributed by atoms with Gasteiger partial charge in [0.05, 0.1) is 0 Å². The van der Waals surface area contributed by atoms with E-state index >= 15 is 0 Å². The van der Waals surface area contributed by atoms with Gasteiger partial charge >= 0.3 is 33.9 Å². The molecule has 1 N–H and O–H groups in total. The van der Waals surface area contributed by atoms with E-state index in [1.165, 1.54) is 12.0 Å². The first-order valence-electron chi connectivity index (χ1n) is 6.00. The first-order valence-corrected chi connectivity index (χ1v) is 6.00. The molecule has 0 aliphatic carbocycles. The van der Waals surface area contributed by atoms with Gasteiger partial charge in [-0.3, -0.25) is 0 Å². The summed E-state index contributed by atoms with van der Waals surface area (Å²) < 4.78 is 22.5. The average Bonchev–Trinajstić information content (AvgIpc) is 2.63. The van der Waals surface area contributed by atoms with Crippen LogP contribution in [0.15, 0.2) is 30.3 Å². The molecular formula is C17H17FeNO4. The van der Waals surface area contributed by atoms with Crippen molar-refractivity contribution in [3.05, 3.63) is 81.5 Å². The maximum atomic E-state index is 10.0. The molecule has 5 nitrogen and oxygen atoms in total. The van der Waals surface area contributed by atoms with Crippen molar-refractivity contribution in [3.8, 4) is 0 Å². The van der Waals surface area contributed by atoms with Crippen LogP contribution in [-0.4, -0.2) is 12.3 Å². The molecule has 1 atom stereocenters. The Labute approximate surface area is 148 Å². The summed E-state index contributed by atoms with van der Waals surface area (Å²) in [5.74, 6) is 0. The molecule has 0 bridgehead atoms. The third kappa shape index (κ3) is 23.0. The number of hydrogen-bond acceptors (Lipinski definition) is 2. The van der Waals surface area contributed by atoms with Crippen LogP contribution in [-0.2, 0) is 42.4 Å². The van der Waals surface area contributed by atoms with Gasteiger partial charge in [-0.15, -0.1) is 0 Å². The van der Waals surface area contributed by atoms with Gasteiger partial charge in [0.1, 0.15) is 6.29 Å². The van der Waals surface area contributed by atoms with Crippen molar-refractivity contribution in [2.45, 2.75) is 19.5 Å². The second-order valence-corrected chi connectivity index (χ2v) is 3.56. The van der Waals surface area contributed by atoms with Gasteiger partial charge in [-0.2, -0.15) is 0 Å². The summed E-state index contributed by atoms with van der Waals surface area (Å²) in [5, 5.41) is 3.37. The summed E-state index contributed by atoms with van der Waals surface area (Å²) in [4.78, 5) is 10.0. The number of carbonyl (C=O) groups is 1. The third-order valence-corrected chi connectivity index (χ3v) is 2.17. The normalized spacial score (nSPS) is 8.83. The Morgan fingerprint density at radius 2 is 1.52 bits per heavy atom. The Morgan fingerprint density at radius 1 is 1.00 bits per heavy atom. The predicted molar refractivity (Wildman–Crippen MR) is 77.8 cm³/mol. The predicted octanol–water partition coefficient (Wildman–Crippen LogP) is 2.07. The van der Waals surface area contributed by atoms with Crippen molar-refractivity contribution in [2.24, 2.45) is 0 Å². The van der Waals surface area contributed by atoms with Crippen LogP contribution in [0.5, 0.6) is 0 Å². The van der Waals surface area contributed by atoms with E-state index < -0.39 is 0 Å². The summed E-state index contributed by atoms with van der Waals surface area (Å²) in [6, 6.07) is 10.5. The van der Waals surface area contributed by atoms with Gasteiger partial charge in [0.2, 0.25) is 0 Å². The smallest absolute Gasteiger partial charge is 0 e. The zero-order valence-corrected chi connectivity index (χ0v) is 13.6. The van der Waals surface area contributed by atoms with Gasteiger partial charge < -0.3 is 10.1 Å². The minimum absolute atomic E-state index is 0. The number of hydrogen-bond donors (Lipinski definition) is 1. The molecule has 0 aromatic heterocycles. The van der Waals surface area contributed by atoms with Gasteiger partial charge in [0, 0.05) is 36.1 Å². The molecule has 0 aliphatic rings. The largest absolute Gasteiger partial charge is 0 e. The maximum absolute atomic E-state index is 10.0. The quantitative estimate of drug-likeness (QED) is 0.254. The summed E-state index contributed by atoms with van der Waals surface area (Å²) in [6.45, 7) is 16.4. The van der Waals surface area contributed by atoms with E-state index in [-0.39, 0.29) is 23.1 Å². The van der Waals surface area contributed by atoms with E-state index in [1.807, 2.05) is 31.0 Å². The van der Waals surface area contributed by atoms with Crippen LogP contribution in [0.3, 0.4) is 0 Å². The van der Waals surface area contributed by atoms with Crippen molar-refractivity contribution in [3.63, 3.8) is 0 Å². The Bertz CT molecular complexity index is 390. The first kappa shape index (κ1) is 29.6. The molecule has 0 heterocycles. The summed E-state index contributed by atoms with van der Waals surface area (Å²) >= 11 is 0. The minimum Gasteiger partial charge on any atom is 0 e. The van der Waals surface area contributed by atoms with E-state index in [4.69, 9.17) is 14.0 Å². The van der Waals surface area contributed by atoms with Crippen LogP contribution in [0.1, 0.15) is 12.5 Å². The van der Waals surface area contributed by atoms with Crippen molar-refractivity contribution in [1.29, 1.82) is 0 Å². The number of carbonyl (C=O) groups excluding carboxylic acids is 1. The van der Waals surface area contributed by atoms with Crippen LogP contribution in [0.2, 0.25) is 0 Å². The van der Waals surface area contributed by atoms with Gasteiger partial charge in [-0.1, -0.05) is 30.3 Å². The molecule has 122 valence electrons. The van der Waals surface area contributed by atoms with Gasteiger partial charge in [-0.25, -0.2) is 0 Å². The molecule has 0 aliphatic heterocycles. The van der Waals surface area contributed by atoms with Gasteiger partial charge in [-0.05, 0) is 31.7 Å². The van der Waals surface area contributed by atoms with E-state index in [9.17, 15) is 4.79 Å². The fraction of sp³-hybridized carbons (Fsp3) is 0.176. The van der Waals surface area contributed by atoms with Crippen molar-refractivity contribution in [1.82, 2.24) is 5.32 Å². The van der Waals surface area contributed by atoms with Crippen LogP contribution in [0.4, 0.5) is 0 Å². The Morgan fingerprint density at radius 3 is 2.00 bits per heavy atom. The Hall–Kier alpha value is -1.41. The van der Waals surface area contributed by atoms with Gasteiger partial charge in [0.15, 0.2) is 0 Å². The molecule has 6 heteroatoms. The van der Waals surface area contributed by atoms with E-state index in [1.54, 1.807) is 6.42 Å². The molecule has 0 saturated heterocycles. The molecule has 0 unspecified atom stereocenters. The number of unbranched alkanes of at least 4 members (excludes halogenated alkanes) is 2. The number of rotatable bonds is 8. The van der Waals surface area contributed by atoms with E-state index in [0.29, 0.717) is 0 Å². The molecule has 0 spiro atoms. The van der Waals surface area contributed by atoms with E-state index in [2.05, 4.69) is 44.3 Å². The van der Waals surface area contributed by atoms with E-state index in [0.717, 1.165) is 12.8 Å². The Balaban J connectivity index is -0.000000231. The molecule has 0 fully saturated rings. The zero-order valence-electron chi connectivity index (χ0n) is 12.5. The Kier molecular flexibility index (Phi) is 36.9. The van der Waals surface area contributed by atoms with Crippen LogP contribution < -0.4 is 5.32 Å². The molecule has 1 aromatic rings. The van der Waals surface area contributed by atoms with Gasteiger partial charge in [0.25, 0.3) is 0 Å². The number of benzene rings is 1. The number of aldehydes is 1. The summed E-state index contributed by atoms with van der Waals surface area (Å²) in [6.07, 6.45) is 7.86. The second kappa shape index (κ2) is 28.7. The monoisotopic (exact) mass is 355 g/mol. The molecule has 4 radical (unpaired) electrons. The molecule has 1 rings (SSSR count). The molecule has 0 saturated carbocycles. The maximum Gasteiger partial charge on any atom is 0 e. The SMILES string of the molecule is C[C@@H]([CH][CH][CH][CH]C=O)NCc1ccccc1.[C-]#[O+].[C-]#[O+].[C-]#[O+].[Fe]. The minimum atomic E-state index is 0. The molecular weight excluding hydrogens is 338 g/mol. The van der Waals surface area contributed by atoms with Crippen molar-refractivity contribution >= 4 is 6.29 Å². The fourth-order valence-corrected chi connectivity index (χ4v) is 1.28. The number of nitrogens with one attached hydrogen (secondary N) is 1. The average molecular weight is 355 g/mol. The standard InChI is InChI=1S/C14H17NO.3CO.Fe/c1-13(8-4-3-7-11-16)15-12-14-9-5-2-6-10-14;3*1-2;/h2-11,13,15H,12H2,1H3;;;;/t13-;;;;/m0..../s1. The topological polar surface area (TPSA) is 88.8 Å². The molecule has 1 aromatic carbocycles. The van der Waals surface area contributed by atoms with Crippen molar-refractivity contribution < 1.29 is 35.8 Å². The van der Waals surface area contributed by atoms with Crippen LogP contribution in [0.25, 0.3) is 0 Å². The third-order valence-electron chi connectivity index (χ3n) is 2.17. The molecule has 23 heavy (non-hydrogen) atoms. The summed E-state index contributed by atoms with van der Waals surface area (Å²) in [5.41, 5.74) is 1.27. The fourth-order valence-electron chi connectivity index (χ4n) is 1.28. The van der Waals surface area contributed by atoms with Crippen LogP contribution >= 0.6 is 0 Å². The first-order chi connectivity index (χ1) is 10.8. The van der Waals surface area contributed by atoms with Crippen LogP contribution in [0, 0.1) is 45.6 Å². The summed E-state index contributed by atoms with van der Waals surface area (Å²) in [7, 11) is 0.